The van der Waals surface area contributed by atoms with E-state index >= 15 is 0 Å². The standard InChI is InChI=1S/C12H14N4O2/c1-7-4-5-13-12(14-7)16-9(3)10(6-11(17)18)8(2)15-16/h4-5H,6H2,1-3H3,(H,17,18). The third-order valence-electron chi connectivity index (χ3n) is 2.74. The number of nitrogens with zero attached hydrogens (tertiary/aromatic N) is 4. The lowest BCUT2D eigenvalue weighted by molar-refractivity contribution is -0.136. The molecule has 94 valence electrons. The van der Waals surface area contributed by atoms with Crippen LogP contribution in [0.25, 0.3) is 5.95 Å². The number of carboxylic acids is 1. The molecule has 0 atom stereocenters. The van der Waals surface area contributed by atoms with Crippen LogP contribution in [-0.4, -0.2) is 30.8 Å². The van der Waals surface area contributed by atoms with Gasteiger partial charge in [0, 0.05) is 23.1 Å². The molecule has 0 bridgehead atoms. The predicted molar refractivity (Wildman–Crippen MR) is 64.7 cm³/mol. The first-order valence-electron chi connectivity index (χ1n) is 5.56. The van der Waals surface area contributed by atoms with Crippen molar-refractivity contribution in [3.05, 3.63) is 34.9 Å². The molecule has 0 aliphatic heterocycles. The highest BCUT2D eigenvalue weighted by Crippen LogP contribution is 2.16. The molecule has 0 spiro atoms. The molecule has 0 amide bonds. The molecule has 0 radical (unpaired) electrons. The van der Waals surface area contributed by atoms with Crippen LogP contribution < -0.4 is 0 Å². The lowest BCUT2D eigenvalue weighted by Gasteiger charge is -2.03. The van der Waals surface area contributed by atoms with Crippen molar-refractivity contribution in [1.29, 1.82) is 0 Å². The van der Waals surface area contributed by atoms with Gasteiger partial charge in [0.15, 0.2) is 0 Å². The molecule has 0 fully saturated rings. The van der Waals surface area contributed by atoms with Gasteiger partial charge in [-0.3, -0.25) is 4.79 Å². The summed E-state index contributed by atoms with van der Waals surface area (Å²) in [6, 6.07) is 1.80. The van der Waals surface area contributed by atoms with E-state index in [-0.39, 0.29) is 6.42 Å². The number of rotatable bonds is 3. The first kappa shape index (κ1) is 12.2. The van der Waals surface area contributed by atoms with Crippen molar-refractivity contribution in [2.75, 3.05) is 0 Å². The van der Waals surface area contributed by atoms with Crippen LogP contribution in [0.3, 0.4) is 0 Å². The Kier molecular flexibility index (Phi) is 3.10. The SMILES string of the molecule is Cc1ccnc(-n2nc(C)c(CC(=O)O)c2C)n1. The fourth-order valence-corrected chi connectivity index (χ4v) is 1.81. The molecule has 0 saturated carbocycles. The van der Waals surface area contributed by atoms with Crippen molar-refractivity contribution < 1.29 is 9.90 Å². The number of aryl methyl sites for hydroxylation is 2. The molecule has 6 heteroatoms. The highest BCUT2D eigenvalue weighted by atomic mass is 16.4. The zero-order valence-electron chi connectivity index (χ0n) is 10.5. The average molecular weight is 246 g/mol. The minimum atomic E-state index is -0.870. The Hall–Kier alpha value is -2.24. The number of aromatic nitrogens is 4. The van der Waals surface area contributed by atoms with Gasteiger partial charge in [0.25, 0.3) is 5.95 Å². The molecular formula is C12H14N4O2. The first-order valence-corrected chi connectivity index (χ1v) is 5.56. The van der Waals surface area contributed by atoms with Crippen molar-refractivity contribution in [2.24, 2.45) is 0 Å². The van der Waals surface area contributed by atoms with Gasteiger partial charge in [-0.05, 0) is 26.8 Å². The predicted octanol–water partition coefficient (Wildman–Crippen LogP) is 1.21. The van der Waals surface area contributed by atoms with Gasteiger partial charge in [0.1, 0.15) is 0 Å². The van der Waals surface area contributed by atoms with Crippen LogP contribution in [0.2, 0.25) is 0 Å². The summed E-state index contributed by atoms with van der Waals surface area (Å²) in [6.07, 6.45) is 1.62. The van der Waals surface area contributed by atoms with Crippen LogP contribution >= 0.6 is 0 Å². The zero-order chi connectivity index (χ0) is 13.3. The summed E-state index contributed by atoms with van der Waals surface area (Å²) in [6.45, 7) is 5.48. The second-order valence-electron chi connectivity index (χ2n) is 4.13. The fourth-order valence-electron chi connectivity index (χ4n) is 1.81. The molecule has 0 aromatic carbocycles. The Labute approximate surface area is 104 Å². The number of carbonyl (C=O) groups is 1. The second kappa shape index (κ2) is 4.56. The van der Waals surface area contributed by atoms with Crippen LogP contribution in [-0.2, 0) is 11.2 Å². The summed E-state index contributed by atoms with van der Waals surface area (Å²) in [5.41, 5.74) is 3.01. The Morgan fingerprint density at radius 2 is 2.11 bits per heavy atom. The number of hydrogen-bond donors (Lipinski definition) is 1. The Morgan fingerprint density at radius 3 is 2.72 bits per heavy atom. The van der Waals surface area contributed by atoms with E-state index in [0.717, 1.165) is 11.4 Å². The van der Waals surface area contributed by atoms with E-state index < -0.39 is 5.97 Å². The van der Waals surface area contributed by atoms with Crippen LogP contribution in [0.4, 0.5) is 0 Å². The summed E-state index contributed by atoms with van der Waals surface area (Å²) in [5.74, 6) is -0.404. The molecule has 1 N–H and O–H groups in total. The molecule has 2 rings (SSSR count). The van der Waals surface area contributed by atoms with Gasteiger partial charge in [0.05, 0.1) is 12.1 Å². The lowest BCUT2D eigenvalue weighted by Crippen LogP contribution is -2.06. The zero-order valence-corrected chi connectivity index (χ0v) is 10.5. The molecule has 0 aliphatic carbocycles. The molecule has 2 aromatic rings. The van der Waals surface area contributed by atoms with E-state index in [1.807, 2.05) is 13.8 Å². The smallest absolute Gasteiger partial charge is 0.307 e. The van der Waals surface area contributed by atoms with Gasteiger partial charge in [-0.1, -0.05) is 0 Å². The molecule has 0 aliphatic rings. The largest absolute Gasteiger partial charge is 0.481 e. The maximum absolute atomic E-state index is 10.8. The molecule has 0 unspecified atom stereocenters. The average Bonchev–Trinajstić information content (AvgIpc) is 2.56. The van der Waals surface area contributed by atoms with Gasteiger partial charge in [-0.2, -0.15) is 5.10 Å². The van der Waals surface area contributed by atoms with E-state index in [2.05, 4.69) is 15.1 Å². The summed E-state index contributed by atoms with van der Waals surface area (Å²) in [4.78, 5) is 19.2. The minimum Gasteiger partial charge on any atom is -0.481 e. The summed E-state index contributed by atoms with van der Waals surface area (Å²) in [5, 5.41) is 13.2. The summed E-state index contributed by atoms with van der Waals surface area (Å²) >= 11 is 0. The highest BCUT2D eigenvalue weighted by molar-refractivity contribution is 5.71. The normalized spacial score (nSPS) is 10.6. The molecule has 6 nitrogen and oxygen atoms in total. The lowest BCUT2D eigenvalue weighted by atomic mass is 10.1. The second-order valence-corrected chi connectivity index (χ2v) is 4.13. The van der Waals surface area contributed by atoms with E-state index in [4.69, 9.17) is 5.11 Å². The monoisotopic (exact) mass is 246 g/mol. The number of aliphatic carboxylic acids is 1. The molecular weight excluding hydrogens is 232 g/mol. The third kappa shape index (κ3) is 2.22. The van der Waals surface area contributed by atoms with Gasteiger partial charge in [-0.15, -0.1) is 0 Å². The van der Waals surface area contributed by atoms with Crippen molar-refractivity contribution in [2.45, 2.75) is 27.2 Å². The molecule has 2 aromatic heterocycles. The van der Waals surface area contributed by atoms with Crippen LogP contribution in [0, 0.1) is 20.8 Å². The topological polar surface area (TPSA) is 80.9 Å². The maximum atomic E-state index is 10.8. The Bertz CT molecular complexity index is 604. The summed E-state index contributed by atoms with van der Waals surface area (Å²) < 4.78 is 1.58. The van der Waals surface area contributed by atoms with E-state index in [1.165, 1.54) is 0 Å². The maximum Gasteiger partial charge on any atom is 0.307 e. The molecule has 18 heavy (non-hydrogen) atoms. The summed E-state index contributed by atoms with van der Waals surface area (Å²) in [7, 11) is 0. The van der Waals surface area contributed by atoms with Gasteiger partial charge < -0.3 is 5.11 Å². The van der Waals surface area contributed by atoms with E-state index in [0.29, 0.717) is 17.2 Å². The van der Waals surface area contributed by atoms with Crippen LogP contribution in [0.5, 0.6) is 0 Å². The van der Waals surface area contributed by atoms with E-state index in [9.17, 15) is 4.79 Å². The number of carboxylic acid groups (broad SMARTS) is 1. The van der Waals surface area contributed by atoms with Gasteiger partial charge in [0.2, 0.25) is 0 Å². The van der Waals surface area contributed by atoms with E-state index in [1.54, 1.807) is 23.9 Å². The Morgan fingerprint density at radius 1 is 1.39 bits per heavy atom. The highest BCUT2D eigenvalue weighted by Gasteiger charge is 2.16. The van der Waals surface area contributed by atoms with Gasteiger partial charge >= 0.3 is 5.97 Å². The third-order valence-corrected chi connectivity index (χ3v) is 2.74. The van der Waals surface area contributed by atoms with Crippen molar-refractivity contribution in [3.63, 3.8) is 0 Å². The quantitative estimate of drug-likeness (QED) is 0.880. The molecule has 0 saturated heterocycles. The first-order chi connectivity index (χ1) is 8.49. The van der Waals surface area contributed by atoms with Crippen molar-refractivity contribution in [1.82, 2.24) is 19.7 Å². The number of hydrogen-bond acceptors (Lipinski definition) is 4. The molecule has 2 heterocycles. The van der Waals surface area contributed by atoms with Crippen molar-refractivity contribution >= 4 is 5.97 Å². The van der Waals surface area contributed by atoms with Gasteiger partial charge in [-0.25, -0.2) is 14.6 Å². The minimum absolute atomic E-state index is 0.0382. The van der Waals surface area contributed by atoms with Crippen LogP contribution in [0.15, 0.2) is 12.3 Å². The van der Waals surface area contributed by atoms with Crippen LogP contribution in [0.1, 0.15) is 22.6 Å². The Balaban J connectivity index is 2.50. The fraction of sp³-hybridized carbons (Fsp3) is 0.333. The van der Waals surface area contributed by atoms with Crippen molar-refractivity contribution in [3.8, 4) is 5.95 Å².